The van der Waals surface area contributed by atoms with E-state index in [1.165, 1.54) is 0 Å². The summed E-state index contributed by atoms with van der Waals surface area (Å²) in [5.74, 6) is 0.657. The van der Waals surface area contributed by atoms with Crippen LogP contribution in [-0.2, 0) is 9.59 Å². The van der Waals surface area contributed by atoms with Crippen molar-refractivity contribution < 1.29 is 9.59 Å². The van der Waals surface area contributed by atoms with Gasteiger partial charge in [-0.15, -0.1) is 0 Å². The average Bonchev–Trinajstić information content (AvgIpc) is 2.72. The molecular formula is C10H14O2. The van der Waals surface area contributed by atoms with Crippen LogP contribution in [0.4, 0.5) is 0 Å². The fourth-order valence-electron chi connectivity index (χ4n) is 2.54. The predicted octanol–water partition coefficient (Wildman–Crippen LogP) is 1.72. The van der Waals surface area contributed by atoms with Crippen LogP contribution in [0.5, 0.6) is 0 Å². The van der Waals surface area contributed by atoms with Crippen molar-refractivity contribution in [2.75, 3.05) is 0 Å². The van der Waals surface area contributed by atoms with E-state index in [4.69, 9.17) is 0 Å². The summed E-state index contributed by atoms with van der Waals surface area (Å²) in [6, 6.07) is 0. The van der Waals surface area contributed by atoms with Gasteiger partial charge in [-0.05, 0) is 26.2 Å². The zero-order valence-electron chi connectivity index (χ0n) is 7.43. The molecule has 0 radical (unpaired) electrons. The van der Waals surface area contributed by atoms with E-state index in [2.05, 4.69) is 0 Å². The molecule has 2 aliphatic carbocycles. The number of carbonyl (C=O) groups excluding carboxylic acids is 2. The lowest BCUT2D eigenvalue weighted by molar-refractivity contribution is -0.129. The molecule has 2 heteroatoms. The first-order valence-electron chi connectivity index (χ1n) is 4.70. The van der Waals surface area contributed by atoms with E-state index in [1.807, 2.05) is 0 Å². The Labute approximate surface area is 72.3 Å². The van der Waals surface area contributed by atoms with Gasteiger partial charge in [0.2, 0.25) is 0 Å². The van der Waals surface area contributed by atoms with E-state index in [-0.39, 0.29) is 17.1 Å². The minimum Gasteiger partial charge on any atom is -0.300 e. The standard InChI is InChI=1S/C10H14O2/c1-7(11)8-6-10(8)5-3-2-4-9(10)12/h8H,2-6H2,1H3. The zero-order valence-corrected chi connectivity index (χ0v) is 7.43. The molecule has 2 fully saturated rings. The Morgan fingerprint density at radius 2 is 2.25 bits per heavy atom. The molecule has 2 aliphatic rings. The van der Waals surface area contributed by atoms with Crippen LogP contribution in [0, 0.1) is 11.3 Å². The summed E-state index contributed by atoms with van der Waals surface area (Å²) < 4.78 is 0. The Bertz CT molecular complexity index is 244. The van der Waals surface area contributed by atoms with Crippen molar-refractivity contribution in [3.8, 4) is 0 Å². The molecule has 0 amide bonds. The third-order valence-corrected chi connectivity index (χ3v) is 3.40. The predicted molar refractivity (Wildman–Crippen MR) is 44.7 cm³/mol. The van der Waals surface area contributed by atoms with Crippen molar-refractivity contribution in [1.29, 1.82) is 0 Å². The van der Waals surface area contributed by atoms with Crippen molar-refractivity contribution in [3.05, 3.63) is 0 Å². The fraction of sp³-hybridized carbons (Fsp3) is 0.800. The summed E-state index contributed by atoms with van der Waals surface area (Å²) >= 11 is 0. The maximum absolute atomic E-state index is 11.5. The molecule has 2 rings (SSSR count). The van der Waals surface area contributed by atoms with Gasteiger partial charge in [-0.2, -0.15) is 0 Å². The van der Waals surface area contributed by atoms with Gasteiger partial charge in [-0.3, -0.25) is 9.59 Å². The number of hydrogen-bond acceptors (Lipinski definition) is 2. The Hall–Kier alpha value is -0.660. The summed E-state index contributed by atoms with van der Waals surface area (Å²) in [7, 11) is 0. The van der Waals surface area contributed by atoms with Crippen LogP contribution in [0.25, 0.3) is 0 Å². The first kappa shape index (κ1) is 7.96. The molecule has 0 heterocycles. The number of carbonyl (C=O) groups is 2. The highest BCUT2D eigenvalue weighted by atomic mass is 16.1. The number of Topliss-reactive ketones (excluding diaryl/α,β-unsaturated/α-hetero) is 2. The smallest absolute Gasteiger partial charge is 0.139 e. The van der Waals surface area contributed by atoms with Crippen LogP contribution in [0.1, 0.15) is 39.0 Å². The fourth-order valence-corrected chi connectivity index (χ4v) is 2.54. The number of rotatable bonds is 1. The second-order valence-electron chi connectivity index (χ2n) is 4.15. The molecule has 0 N–H and O–H groups in total. The molecule has 2 atom stereocenters. The van der Waals surface area contributed by atoms with Crippen LogP contribution < -0.4 is 0 Å². The van der Waals surface area contributed by atoms with E-state index in [1.54, 1.807) is 6.92 Å². The molecule has 2 nitrogen and oxygen atoms in total. The summed E-state index contributed by atoms with van der Waals surface area (Å²) in [4.78, 5) is 22.6. The van der Waals surface area contributed by atoms with Gasteiger partial charge in [0.05, 0.1) is 0 Å². The summed E-state index contributed by atoms with van der Waals surface area (Å²) in [5, 5.41) is 0. The summed E-state index contributed by atoms with van der Waals surface area (Å²) in [6.07, 6.45) is 4.70. The van der Waals surface area contributed by atoms with Crippen LogP contribution >= 0.6 is 0 Å². The molecule has 2 saturated carbocycles. The molecule has 0 aromatic heterocycles. The number of ketones is 2. The van der Waals surface area contributed by atoms with Crippen LogP contribution in [0.3, 0.4) is 0 Å². The largest absolute Gasteiger partial charge is 0.300 e. The highest BCUT2D eigenvalue weighted by Gasteiger charge is 2.61. The Kier molecular flexibility index (Phi) is 1.60. The van der Waals surface area contributed by atoms with Crippen molar-refractivity contribution in [1.82, 2.24) is 0 Å². The SMILES string of the molecule is CC(=O)C1CC12CCCCC2=O. The molecule has 2 unspecified atom stereocenters. The van der Waals surface area contributed by atoms with Gasteiger partial charge in [0.15, 0.2) is 0 Å². The van der Waals surface area contributed by atoms with Gasteiger partial charge in [0.25, 0.3) is 0 Å². The second kappa shape index (κ2) is 2.41. The molecule has 0 aromatic rings. The molecule has 12 heavy (non-hydrogen) atoms. The van der Waals surface area contributed by atoms with Gasteiger partial charge >= 0.3 is 0 Å². The van der Waals surface area contributed by atoms with Crippen LogP contribution in [0.2, 0.25) is 0 Å². The Morgan fingerprint density at radius 1 is 1.50 bits per heavy atom. The third kappa shape index (κ3) is 0.936. The lowest BCUT2D eigenvalue weighted by Gasteiger charge is -2.20. The maximum Gasteiger partial charge on any atom is 0.139 e. The molecule has 0 bridgehead atoms. The van der Waals surface area contributed by atoms with Crippen molar-refractivity contribution >= 4 is 11.6 Å². The molecule has 0 aliphatic heterocycles. The third-order valence-electron chi connectivity index (χ3n) is 3.40. The van der Waals surface area contributed by atoms with Crippen molar-refractivity contribution in [2.24, 2.45) is 11.3 Å². The van der Waals surface area contributed by atoms with Crippen LogP contribution in [0.15, 0.2) is 0 Å². The van der Waals surface area contributed by atoms with E-state index in [9.17, 15) is 9.59 Å². The molecule has 1 spiro atoms. The zero-order chi connectivity index (χ0) is 8.77. The van der Waals surface area contributed by atoms with Crippen molar-refractivity contribution in [2.45, 2.75) is 39.0 Å². The van der Waals surface area contributed by atoms with Gasteiger partial charge in [-0.1, -0.05) is 6.42 Å². The highest BCUT2D eigenvalue weighted by molar-refractivity contribution is 5.97. The monoisotopic (exact) mass is 166 g/mol. The minimum absolute atomic E-state index is 0.0882. The van der Waals surface area contributed by atoms with E-state index in [0.717, 1.165) is 25.7 Å². The van der Waals surface area contributed by atoms with Gasteiger partial charge in [-0.25, -0.2) is 0 Å². The summed E-state index contributed by atoms with van der Waals surface area (Å²) in [5.41, 5.74) is -0.163. The van der Waals surface area contributed by atoms with Crippen molar-refractivity contribution in [3.63, 3.8) is 0 Å². The highest BCUT2D eigenvalue weighted by Crippen LogP contribution is 2.59. The quantitative estimate of drug-likeness (QED) is 0.594. The average molecular weight is 166 g/mol. The molecule has 0 saturated heterocycles. The summed E-state index contributed by atoms with van der Waals surface area (Å²) in [6.45, 7) is 1.61. The molecular weight excluding hydrogens is 152 g/mol. The van der Waals surface area contributed by atoms with E-state index < -0.39 is 0 Å². The number of hydrogen-bond donors (Lipinski definition) is 0. The minimum atomic E-state index is -0.163. The lowest BCUT2D eigenvalue weighted by Crippen LogP contribution is -2.24. The molecule has 0 aromatic carbocycles. The molecule has 66 valence electrons. The lowest BCUT2D eigenvalue weighted by atomic mass is 9.82. The van der Waals surface area contributed by atoms with Gasteiger partial charge in [0, 0.05) is 17.8 Å². The first-order valence-corrected chi connectivity index (χ1v) is 4.70. The van der Waals surface area contributed by atoms with Gasteiger partial charge in [0.1, 0.15) is 11.6 Å². The van der Waals surface area contributed by atoms with Crippen LogP contribution in [-0.4, -0.2) is 11.6 Å². The normalized spacial score (nSPS) is 40.1. The van der Waals surface area contributed by atoms with Gasteiger partial charge < -0.3 is 0 Å². The Balaban J connectivity index is 2.13. The topological polar surface area (TPSA) is 34.1 Å². The maximum atomic E-state index is 11.5. The second-order valence-corrected chi connectivity index (χ2v) is 4.15. The Morgan fingerprint density at radius 3 is 2.75 bits per heavy atom. The van der Waals surface area contributed by atoms with E-state index >= 15 is 0 Å². The van der Waals surface area contributed by atoms with E-state index in [0.29, 0.717) is 12.2 Å². The first-order chi connectivity index (χ1) is 5.67.